The first kappa shape index (κ1) is 14.3. The molecule has 0 bridgehead atoms. The van der Waals surface area contributed by atoms with E-state index < -0.39 is 0 Å². The van der Waals surface area contributed by atoms with E-state index in [9.17, 15) is 10.1 Å². The zero-order chi connectivity index (χ0) is 14.9. The van der Waals surface area contributed by atoms with Gasteiger partial charge in [0, 0.05) is 18.3 Å². The minimum Gasteiger partial charge on any atom is -0.369 e. The standard InChI is InChI=1S/C15H20N4O/c1-9-6-10(2)18-15(13(9)7-16)19-8-12(14(17)20)5-4-11(19)3/h6,11-12H,4-5,8H2,1-3H3,(H2,17,20). The summed E-state index contributed by atoms with van der Waals surface area (Å²) in [4.78, 5) is 18.0. The molecule has 2 heterocycles. The normalized spacial score (nSPS) is 22.4. The van der Waals surface area contributed by atoms with Crippen molar-refractivity contribution in [2.45, 2.75) is 39.7 Å². The molecule has 0 radical (unpaired) electrons. The first-order valence-corrected chi connectivity index (χ1v) is 6.88. The second-order valence-electron chi connectivity index (χ2n) is 5.57. The van der Waals surface area contributed by atoms with E-state index in [2.05, 4.69) is 22.9 Å². The third kappa shape index (κ3) is 2.60. The van der Waals surface area contributed by atoms with Crippen LogP contribution in [0.15, 0.2) is 6.07 Å². The third-order valence-corrected chi connectivity index (χ3v) is 3.99. The molecule has 1 aromatic heterocycles. The number of aryl methyl sites for hydroxylation is 2. The Kier molecular flexibility index (Phi) is 3.93. The molecule has 1 fully saturated rings. The van der Waals surface area contributed by atoms with Crippen molar-refractivity contribution >= 4 is 11.7 Å². The average molecular weight is 272 g/mol. The summed E-state index contributed by atoms with van der Waals surface area (Å²) in [6.07, 6.45) is 1.69. The molecule has 5 heteroatoms. The fraction of sp³-hybridized carbons (Fsp3) is 0.533. The van der Waals surface area contributed by atoms with Crippen LogP contribution in [-0.4, -0.2) is 23.5 Å². The molecule has 1 aliphatic heterocycles. The maximum Gasteiger partial charge on any atom is 0.222 e. The fourth-order valence-corrected chi connectivity index (χ4v) is 2.80. The summed E-state index contributed by atoms with van der Waals surface area (Å²) in [7, 11) is 0. The predicted octanol–water partition coefficient (Wildman–Crippen LogP) is 1.66. The number of hydrogen-bond donors (Lipinski definition) is 1. The highest BCUT2D eigenvalue weighted by atomic mass is 16.1. The lowest BCUT2D eigenvalue weighted by atomic mass is 9.92. The van der Waals surface area contributed by atoms with Crippen LogP contribution in [0.5, 0.6) is 0 Å². The Bertz CT molecular complexity index is 576. The number of nitriles is 1. The van der Waals surface area contributed by atoms with Gasteiger partial charge in [0.1, 0.15) is 11.9 Å². The minimum absolute atomic E-state index is 0.166. The molecule has 2 unspecified atom stereocenters. The van der Waals surface area contributed by atoms with Gasteiger partial charge >= 0.3 is 0 Å². The number of piperidine rings is 1. The summed E-state index contributed by atoms with van der Waals surface area (Å²) in [6, 6.07) is 4.39. The summed E-state index contributed by atoms with van der Waals surface area (Å²) in [5, 5.41) is 9.37. The fourth-order valence-electron chi connectivity index (χ4n) is 2.80. The number of pyridine rings is 1. The van der Waals surface area contributed by atoms with Crippen LogP contribution in [0.4, 0.5) is 5.82 Å². The number of rotatable bonds is 2. The molecule has 0 aliphatic carbocycles. The SMILES string of the molecule is Cc1cc(C)c(C#N)c(N2CC(C(N)=O)CCC2C)n1. The second kappa shape index (κ2) is 5.49. The molecular weight excluding hydrogens is 252 g/mol. The number of hydrogen-bond acceptors (Lipinski definition) is 4. The largest absolute Gasteiger partial charge is 0.369 e. The number of primary amides is 1. The van der Waals surface area contributed by atoms with E-state index in [1.807, 2.05) is 19.9 Å². The van der Waals surface area contributed by atoms with E-state index in [-0.39, 0.29) is 17.9 Å². The minimum atomic E-state index is -0.273. The Labute approximate surface area is 119 Å². The van der Waals surface area contributed by atoms with Gasteiger partial charge in [-0.1, -0.05) is 0 Å². The van der Waals surface area contributed by atoms with Crippen molar-refractivity contribution in [3.05, 3.63) is 22.9 Å². The number of aromatic nitrogens is 1. The van der Waals surface area contributed by atoms with Crippen LogP contribution in [0, 0.1) is 31.1 Å². The lowest BCUT2D eigenvalue weighted by molar-refractivity contribution is -0.122. The van der Waals surface area contributed by atoms with Crippen LogP contribution in [0.25, 0.3) is 0 Å². The van der Waals surface area contributed by atoms with Crippen LogP contribution in [-0.2, 0) is 4.79 Å². The number of carbonyl (C=O) groups excluding carboxylic acids is 1. The Morgan fingerprint density at radius 3 is 2.80 bits per heavy atom. The van der Waals surface area contributed by atoms with Gasteiger partial charge in [0.15, 0.2) is 0 Å². The summed E-state index contributed by atoms with van der Waals surface area (Å²) < 4.78 is 0. The molecule has 2 N–H and O–H groups in total. The quantitative estimate of drug-likeness (QED) is 0.887. The topological polar surface area (TPSA) is 83.0 Å². The van der Waals surface area contributed by atoms with E-state index in [1.165, 1.54) is 0 Å². The Hall–Kier alpha value is -2.09. The molecule has 1 saturated heterocycles. The van der Waals surface area contributed by atoms with E-state index in [0.717, 1.165) is 24.1 Å². The van der Waals surface area contributed by atoms with Crippen molar-refractivity contribution in [3.8, 4) is 6.07 Å². The average Bonchev–Trinajstić information content (AvgIpc) is 2.38. The maximum atomic E-state index is 11.4. The molecule has 0 spiro atoms. The maximum absolute atomic E-state index is 11.4. The number of amides is 1. The van der Waals surface area contributed by atoms with Gasteiger partial charge in [-0.2, -0.15) is 5.26 Å². The predicted molar refractivity (Wildman–Crippen MR) is 77.2 cm³/mol. The van der Waals surface area contributed by atoms with Gasteiger partial charge in [-0.3, -0.25) is 4.79 Å². The van der Waals surface area contributed by atoms with E-state index in [0.29, 0.717) is 17.9 Å². The van der Waals surface area contributed by atoms with Crippen LogP contribution in [0.1, 0.15) is 36.6 Å². The Morgan fingerprint density at radius 2 is 2.20 bits per heavy atom. The van der Waals surface area contributed by atoms with E-state index in [1.54, 1.807) is 0 Å². The highest BCUT2D eigenvalue weighted by molar-refractivity contribution is 5.78. The first-order valence-electron chi connectivity index (χ1n) is 6.88. The molecule has 1 aliphatic rings. The van der Waals surface area contributed by atoms with Crippen molar-refractivity contribution in [1.29, 1.82) is 5.26 Å². The van der Waals surface area contributed by atoms with Crippen molar-refractivity contribution in [2.24, 2.45) is 11.7 Å². The Morgan fingerprint density at radius 1 is 1.50 bits per heavy atom. The molecule has 0 saturated carbocycles. The molecule has 2 atom stereocenters. The van der Waals surface area contributed by atoms with Gasteiger partial charge < -0.3 is 10.6 Å². The Balaban J connectivity index is 2.43. The molecule has 1 amide bonds. The van der Waals surface area contributed by atoms with Crippen molar-refractivity contribution in [2.75, 3.05) is 11.4 Å². The third-order valence-electron chi connectivity index (χ3n) is 3.99. The summed E-state index contributed by atoms with van der Waals surface area (Å²) in [5.41, 5.74) is 7.82. The van der Waals surface area contributed by atoms with Gasteiger partial charge in [0.2, 0.25) is 5.91 Å². The number of carbonyl (C=O) groups is 1. The first-order chi connectivity index (χ1) is 9.43. The zero-order valence-corrected chi connectivity index (χ0v) is 12.2. The van der Waals surface area contributed by atoms with Crippen LogP contribution in [0.3, 0.4) is 0 Å². The van der Waals surface area contributed by atoms with Crippen LogP contribution < -0.4 is 10.6 Å². The van der Waals surface area contributed by atoms with Crippen LogP contribution in [0.2, 0.25) is 0 Å². The van der Waals surface area contributed by atoms with Gasteiger partial charge in [-0.15, -0.1) is 0 Å². The molecule has 1 aromatic rings. The molecule has 2 rings (SSSR count). The van der Waals surface area contributed by atoms with Crippen LogP contribution >= 0.6 is 0 Å². The van der Waals surface area contributed by atoms with Gasteiger partial charge in [0.25, 0.3) is 0 Å². The van der Waals surface area contributed by atoms with Crippen molar-refractivity contribution in [3.63, 3.8) is 0 Å². The number of nitrogens with two attached hydrogens (primary N) is 1. The molecule has 5 nitrogen and oxygen atoms in total. The lowest BCUT2D eigenvalue weighted by Crippen LogP contribution is -2.46. The highest BCUT2D eigenvalue weighted by Gasteiger charge is 2.31. The van der Waals surface area contributed by atoms with E-state index >= 15 is 0 Å². The smallest absolute Gasteiger partial charge is 0.222 e. The number of nitrogens with zero attached hydrogens (tertiary/aromatic N) is 3. The van der Waals surface area contributed by atoms with E-state index in [4.69, 9.17) is 5.73 Å². The van der Waals surface area contributed by atoms with Gasteiger partial charge in [-0.25, -0.2) is 4.98 Å². The monoisotopic (exact) mass is 272 g/mol. The summed E-state index contributed by atoms with van der Waals surface area (Å²) in [6.45, 7) is 6.47. The second-order valence-corrected chi connectivity index (χ2v) is 5.57. The molecule has 106 valence electrons. The van der Waals surface area contributed by atoms with Crippen molar-refractivity contribution < 1.29 is 4.79 Å². The zero-order valence-electron chi connectivity index (χ0n) is 12.2. The summed E-state index contributed by atoms with van der Waals surface area (Å²) >= 11 is 0. The lowest BCUT2D eigenvalue weighted by Gasteiger charge is -2.38. The molecule has 20 heavy (non-hydrogen) atoms. The van der Waals surface area contributed by atoms with Gasteiger partial charge in [0.05, 0.1) is 11.5 Å². The summed E-state index contributed by atoms with van der Waals surface area (Å²) in [5.74, 6) is 0.244. The molecular formula is C15H20N4O. The number of anilines is 1. The molecule has 0 aromatic carbocycles. The van der Waals surface area contributed by atoms with Gasteiger partial charge in [-0.05, 0) is 45.2 Å². The van der Waals surface area contributed by atoms with Crippen molar-refractivity contribution in [1.82, 2.24) is 4.98 Å². The highest BCUT2D eigenvalue weighted by Crippen LogP contribution is 2.30.